The smallest absolute Gasteiger partial charge is 0.275 e. The number of carbonyl (C=O) groups excluding carboxylic acids is 1. The van der Waals surface area contributed by atoms with Crippen molar-refractivity contribution in [3.63, 3.8) is 0 Å². The molecule has 0 bridgehead atoms. The molecule has 0 fully saturated rings. The molecule has 31 heavy (non-hydrogen) atoms. The van der Waals surface area contributed by atoms with Gasteiger partial charge in [0, 0.05) is 5.39 Å². The molecule has 1 amide bonds. The predicted octanol–water partition coefficient (Wildman–Crippen LogP) is 3.71. The van der Waals surface area contributed by atoms with E-state index in [1.165, 1.54) is 4.68 Å². The number of aromatic nitrogens is 2. The van der Waals surface area contributed by atoms with Gasteiger partial charge in [-0.05, 0) is 43.5 Å². The Morgan fingerprint density at radius 3 is 2.48 bits per heavy atom. The van der Waals surface area contributed by atoms with Gasteiger partial charge in [-0.3, -0.25) is 9.59 Å². The van der Waals surface area contributed by atoms with Gasteiger partial charge in [-0.15, -0.1) is 0 Å². The molecule has 3 rings (SSSR count). The fraction of sp³-hybridized carbons (Fsp3) is 0.375. The first-order valence-corrected chi connectivity index (χ1v) is 10.6. The lowest BCUT2D eigenvalue weighted by Gasteiger charge is -2.24. The summed E-state index contributed by atoms with van der Waals surface area (Å²) in [5.74, 6) is 1.16. The Morgan fingerprint density at radius 2 is 1.77 bits per heavy atom. The second-order valence-electron chi connectivity index (χ2n) is 7.56. The third-order valence-corrected chi connectivity index (χ3v) is 4.96. The zero-order valence-corrected chi connectivity index (χ0v) is 18.4. The van der Waals surface area contributed by atoms with Gasteiger partial charge in [-0.25, -0.2) is 4.68 Å². The topological polar surface area (TPSA) is 82.5 Å². The fourth-order valence-electron chi connectivity index (χ4n) is 3.49. The maximum atomic E-state index is 12.8. The summed E-state index contributed by atoms with van der Waals surface area (Å²) in [5, 5.41) is 8.48. The highest BCUT2D eigenvalue weighted by Gasteiger charge is 2.21. The molecule has 0 saturated carbocycles. The van der Waals surface area contributed by atoms with Crippen molar-refractivity contribution < 1.29 is 14.3 Å². The van der Waals surface area contributed by atoms with E-state index in [-0.39, 0.29) is 30.0 Å². The average molecular weight is 424 g/mol. The molecule has 7 heteroatoms. The summed E-state index contributed by atoms with van der Waals surface area (Å²) in [4.78, 5) is 25.5. The third-order valence-electron chi connectivity index (χ3n) is 4.96. The molecule has 3 aromatic rings. The van der Waals surface area contributed by atoms with Gasteiger partial charge in [0.2, 0.25) is 5.91 Å². The predicted molar refractivity (Wildman–Crippen MR) is 121 cm³/mol. The van der Waals surface area contributed by atoms with E-state index in [4.69, 9.17) is 9.47 Å². The van der Waals surface area contributed by atoms with Crippen LogP contribution in [-0.2, 0) is 11.3 Å². The lowest BCUT2D eigenvalue weighted by molar-refractivity contribution is -0.123. The standard InChI is InChI=1S/C24H29N3O4/c1-5-30-20-12-11-17(13-21(20)31-6-2)23(16(3)4)26-22(28)15-27-24(29)19-10-8-7-9-18(19)14-25-27/h7-14,16,23H,5-6,15H2,1-4H3,(H,26,28). The Morgan fingerprint density at radius 1 is 1.06 bits per heavy atom. The van der Waals surface area contributed by atoms with Crippen LogP contribution < -0.4 is 20.3 Å². The van der Waals surface area contributed by atoms with Gasteiger partial charge in [-0.1, -0.05) is 38.1 Å². The van der Waals surface area contributed by atoms with Crippen LogP contribution in [0.3, 0.4) is 0 Å². The van der Waals surface area contributed by atoms with Crippen LogP contribution in [-0.4, -0.2) is 28.9 Å². The van der Waals surface area contributed by atoms with Crippen LogP contribution in [0.25, 0.3) is 10.8 Å². The molecule has 0 aliphatic heterocycles. The lowest BCUT2D eigenvalue weighted by Crippen LogP contribution is -2.37. The highest BCUT2D eigenvalue weighted by atomic mass is 16.5. The number of benzene rings is 2. The van der Waals surface area contributed by atoms with Gasteiger partial charge >= 0.3 is 0 Å². The second-order valence-corrected chi connectivity index (χ2v) is 7.56. The Labute approximate surface area is 182 Å². The average Bonchev–Trinajstić information content (AvgIpc) is 2.75. The Bertz CT molecular complexity index is 1110. The van der Waals surface area contributed by atoms with Crippen molar-refractivity contribution in [1.82, 2.24) is 15.1 Å². The number of hydrogen-bond acceptors (Lipinski definition) is 5. The van der Waals surface area contributed by atoms with Crippen molar-refractivity contribution >= 4 is 16.7 Å². The molecular formula is C24H29N3O4. The van der Waals surface area contributed by atoms with Gasteiger partial charge < -0.3 is 14.8 Å². The van der Waals surface area contributed by atoms with Crippen LogP contribution in [0, 0.1) is 5.92 Å². The molecule has 0 aliphatic rings. The SMILES string of the molecule is CCOc1ccc(C(NC(=O)Cn2ncc3ccccc3c2=O)C(C)C)cc1OCC. The summed E-state index contributed by atoms with van der Waals surface area (Å²) in [6, 6.07) is 12.6. The molecule has 1 aromatic heterocycles. The number of fused-ring (bicyclic) bond motifs is 1. The molecule has 0 radical (unpaired) electrons. The molecule has 0 spiro atoms. The summed E-state index contributed by atoms with van der Waals surface area (Å²) in [7, 11) is 0. The lowest BCUT2D eigenvalue weighted by atomic mass is 9.95. The van der Waals surface area contributed by atoms with Crippen LogP contribution in [0.1, 0.15) is 39.3 Å². The number of amides is 1. The van der Waals surface area contributed by atoms with Crippen molar-refractivity contribution in [1.29, 1.82) is 0 Å². The van der Waals surface area contributed by atoms with Gasteiger partial charge in [0.25, 0.3) is 5.56 Å². The normalized spacial score (nSPS) is 12.0. The Balaban J connectivity index is 1.82. The molecule has 0 aliphatic carbocycles. The summed E-state index contributed by atoms with van der Waals surface area (Å²) < 4.78 is 12.6. The van der Waals surface area contributed by atoms with E-state index in [1.54, 1.807) is 18.3 Å². The van der Waals surface area contributed by atoms with E-state index in [9.17, 15) is 9.59 Å². The summed E-state index contributed by atoms with van der Waals surface area (Å²) in [5.41, 5.74) is 0.628. The monoisotopic (exact) mass is 423 g/mol. The van der Waals surface area contributed by atoms with E-state index < -0.39 is 0 Å². The largest absolute Gasteiger partial charge is 0.490 e. The van der Waals surface area contributed by atoms with Crippen molar-refractivity contribution in [2.24, 2.45) is 5.92 Å². The van der Waals surface area contributed by atoms with E-state index in [0.717, 1.165) is 10.9 Å². The molecular weight excluding hydrogens is 394 g/mol. The molecule has 7 nitrogen and oxygen atoms in total. The number of nitrogens with zero attached hydrogens (tertiary/aromatic N) is 2. The Kier molecular flexibility index (Phi) is 7.28. The quantitative estimate of drug-likeness (QED) is 0.567. The maximum absolute atomic E-state index is 12.8. The van der Waals surface area contributed by atoms with Crippen molar-refractivity contribution in [2.45, 2.75) is 40.3 Å². The summed E-state index contributed by atoms with van der Waals surface area (Å²) in [6.07, 6.45) is 1.60. The minimum absolute atomic E-state index is 0.123. The minimum atomic E-state index is -0.283. The van der Waals surface area contributed by atoms with Crippen LogP contribution in [0.4, 0.5) is 0 Å². The first-order valence-electron chi connectivity index (χ1n) is 10.6. The summed E-state index contributed by atoms with van der Waals surface area (Å²) >= 11 is 0. The number of rotatable bonds is 9. The molecule has 1 atom stereocenters. The van der Waals surface area contributed by atoms with Gasteiger partial charge in [0.05, 0.1) is 30.8 Å². The van der Waals surface area contributed by atoms with Crippen molar-refractivity contribution in [3.8, 4) is 11.5 Å². The van der Waals surface area contributed by atoms with Crippen LogP contribution in [0.5, 0.6) is 11.5 Å². The van der Waals surface area contributed by atoms with Crippen LogP contribution >= 0.6 is 0 Å². The van der Waals surface area contributed by atoms with E-state index in [1.807, 2.05) is 58.0 Å². The number of hydrogen-bond donors (Lipinski definition) is 1. The minimum Gasteiger partial charge on any atom is -0.490 e. The zero-order valence-electron chi connectivity index (χ0n) is 18.4. The molecule has 1 heterocycles. The van der Waals surface area contributed by atoms with Crippen molar-refractivity contribution in [2.75, 3.05) is 13.2 Å². The number of carbonyl (C=O) groups is 1. The van der Waals surface area contributed by atoms with Gasteiger partial charge in [-0.2, -0.15) is 5.10 Å². The zero-order chi connectivity index (χ0) is 22.4. The molecule has 1 unspecified atom stereocenters. The van der Waals surface area contributed by atoms with Crippen molar-refractivity contribution in [3.05, 3.63) is 64.6 Å². The van der Waals surface area contributed by atoms with Gasteiger partial charge in [0.1, 0.15) is 6.54 Å². The molecule has 1 N–H and O–H groups in total. The van der Waals surface area contributed by atoms with Gasteiger partial charge in [0.15, 0.2) is 11.5 Å². The second kappa shape index (κ2) is 10.1. The molecule has 2 aromatic carbocycles. The molecule has 0 saturated heterocycles. The first-order chi connectivity index (χ1) is 14.9. The number of ether oxygens (including phenoxy) is 2. The highest BCUT2D eigenvalue weighted by molar-refractivity contribution is 5.81. The maximum Gasteiger partial charge on any atom is 0.275 e. The highest BCUT2D eigenvalue weighted by Crippen LogP contribution is 2.33. The fourth-order valence-corrected chi connectivity index (χ4v) is 3.49. The summed E-state index contributed by atoms with van der Waals surface area (Å²) in [6.45, 7) is 8.80. The molecule has 164 valence electrons. The first kappa shape index (κ1) is 22.3. The third kappa shape index (κ3) is 5.23. The Hall–Kier alpha value is -3.35. The van der Waals surface area contributed by atoms with Crippen LogP contribution in [0.15, 0.2) is 53.5 Å². The van der Waals surface area contributed by atoms with E-state index in [0.29, 0.717) is 30.1 Å². The van der Waals surface area contributed by atoms with E-state index in [2.05, 4.69) is 10.4 Å². The van der Waals surface area contributed by atoms with E-state index >= 15 is 0 Å². The number of nitrogens with one attached hydrogen (secondary N) is 1. The van der Waals surface area contributed by atoms with Crippen LogP contribution in [0.2, 0.25) is 0 Å².